The number of aryl methyl sites for hydroxylation is 1. The van der Waals surface area contributed by atoms with Crippen LogP contribution >= 0.6 is 0 Å². The van der Waals surface area contributed by atoms with E-state index >= 15 is 0 Å². The van der Waals surface area contributed by atoms with Crippen molar-refractivity contribution in [3.63, 3.8) is 0 Å². The van der Waals surface area contributed by atoms with Crippen LogP contribution in [0.25, 0.3) is 0 Å². The molecular weight excluding hydrogens is 224 g/mol. The minimum Gasteiger partial charge on any atom is -0.352 e. The molecule has 2 aromatic rings. The first-order valence-electron chi connectivity index (χ1n) is 6.36. The largest absolute Gasteiger partial charge is 0.352 e. The van der Waals surface area contributed by atoms with Crippen LogP contribution in [-0.2, 0) is 19.5 Å². The molecule has 0 saturated carbocycles. The molecule has 0 spiro atoms. The van der Waals surface area contributed by atoms with Gasteiger partial charge in [0, 0.05) is 25.5 Å². The predicted molar refractivity (Wildman–Crippen MR) is 74.4 cm³/mol. The van der Waals surface area contributed by atoms with E-state index in [-0.39, 0.29) is 0 Å². The Labute approximate surface area is 108 Å². The molecular formula is C14H20N4. The normalized spacial score (nSPS) is 10.6. The van der Waals surface area contributed by atoms with Crippen LogP contribution in [-0.4, -0.2) is 16.1 Å². The summed E-state index contributed by atoms with van der Waals surface area (Å²) in [5.74, 6) is 0.920. The number of benzene rings is 1. The van der Waals surface area contributed by atoms with Gasteiger partial charge in [-0.05, 0) is 31.0 Å². The zero-order chi connectivity index (χ0) is 12.8. The number of nitrogens with zero attached hydrogens (tertiary/aromatic N) is 2. The summed E-state index contributed by atoms with van der Waals surface area (Å²) >= 11 is 0. The van der Waals surface area contributed by atoms with E-state index in [9.17, 15) is 0 Å². The number of imidazole rings is 1. The van der Waals surface area contributed by atoms with Gasteiger partial charge in [-0.1, -0.05) is 24.3 Å². The molecule has 0 aliphatic heterocycles. The lowest BCUT2D eigenvalue weighted by atomic mass is 10.1. The van der Waals surface area contributed by atoms with Gasteiger partial charge in [0.1, 0.15) is 0 Å². The maximum Gasteiger partial charge on any atom is 0.203 e. The highest BCUT2D eigenvalue weighted by Gasteiger charge is 2.00. The Kier molecular flexibility index (Phi) is 4.36. The van der Waals surface area contributed by atoms with Crippen molar-refractivity contribution in [3.8, 4) is 0 Å². The Morgan fingerprint density at radius 3 is 2.61 bits per heavy atom. The van der Waals surface area contributed by atoms with Gasteiger partial charge in [-0.15, -0.1) is 0 Å². The molecule has 2 rings (SSSR count). The van der Waals surface area contributed by atoms with E-state index in [0.29, 0.717) is 6.54 Å². The van der Waals surface area contributed by atoms with Gasteiger partial charge in [-0.25, -0.2) is 4.98 Å². The minimum absolute atomic E-state index is 0.700. The molecule has 1 aromatic carbocycles. The van der Waals surface area contributed by atoms with E-state index in [4.69, 9.17) is 5.73 Å². The van der Waals surface area contributed by atoms with Crippen LogP contribution in [0.3, 0.4) is 0 Å². The fourth-order valence-corrected chi connectivity index (χ4v) is 1.90. The second kappa shape index (κ2) is 6.21. The van der Waals surface area contributed by atoms with E-state index in [1.165, 1.54) is 11.1 Å². The molecule has 4 nitrogen and oxygen atoms in total. The van der Waals surface area contributed by atoms with Crippen molar-refractivity contribution in [2.75, 3.05) is 11.9 Å². The molecule has 3 N–H and O–H groups in total. The molecule has 1 aromatic heterocycles. The molecule has 0 aliphatic rings. The van der Waals surface area contributed by atoms with Gasteiger partial charge in [0.2, 0.25) is 5.95 Å². The fourth-order valence-electron chi connectivity index (χ4n) is 1.90. The molecule has 96 valence electrons. The average Bonchev–Trinajstić information content (AvgIpc) is 2.86. The maximum absolute atomic E-state index is 5.53. The molecule has 0 aliphatic carbocycles. The van der Waals surface area contributed by atoms with Crippen molar-refractivity contribution < 1.29 is 0 Å². The van der Waals surface area contributed by atoms with Crippen molar-refractivity contribution in [2.45, 2.75) is 26.4 Å². The highest BCUT2D eigenvalue weighted by atomic mass is 15.2. The maximum atomic E-state index is 5.53. The number of aromatic nitrogens is 2. The SMILES string of the molecule is CCn1ccnc1NCc1ccc(CCN)cc1. The lowest BCUT2D eigenvalue weighted by Crippen LogP contribution is -2.06. The van der Waals surface area contributed by atoms with Gasteiger partial charge in [-0.2, -0.15) is 0 Å². The topological polar surface area (TPSA) is 55.9 Å². The quantitative estimate of drug-likeness (QED) is 0.817. The van der Waals surface area contributed by atoms with E-state index in [0.717, 1.165) is 25.5 Å². The Hall–Kier alpha value is -1.81. The van der Waals surface area contributed by atoms with Gasteiger partial charge in [0.25, 0.3) is 0 Å². The summed E-state index contributed by atoms with van der Waals surface area (Å²) in [6.07, 6.45) is 4.73. The van der Waals surface area contributed by atoms with Crippen molar-refractivity contribution >= 4 is 5.95 Å². The summed E-state index contributed by atoms with van der Waals surface area (Å²) in [5, 5.41) is 3.34. The second-order valence-electron chi connectivity index (χ2n) is 4.25. The Balaban J connectivity index is 1.94. The minimum atomic E-state index is 0.700. The van der Waals surface area contributed by atoms with Gasteiger partial charge >= 0.3 is 0 Å². The van der Waals surface area contributed by atoms with Gasteiger partial charge in [0.15, 0.2) is 0 Å². The smallest absolute Gasteiger partial charge is 0.203 e. The zero-order valence-corrected chi connectivity index (χ0v) is 10.8. The van der Waals surface area contributed by atoms with Crippen LogP contribution in [0.4, 0.5) is 5.95 Å². The van der Waals surface area contributed by atoms with Gasteiger partial charge < -0.3 is 15.6 Å². The zero-order valence-electron chi connectivity index (χ0n) is 10.8. The predicted octanol–water partition coefficient (Wildman–Crippen LogP) is 2.02. The fraction of sp³-hybridized carbons (Fsp3) is 0.357. The first-order chi connectivity index (χ1) is 8.83. The third-order valence-corrected chi connectivity index (χ3v) is 2.96. The van der Waals surface area contributed by atoms with Gasteiger partial charge in [0.05, 0.1) is 0 Å². The summed E-state index contributed by atoms with van der Waals surface area (Å²) in [4.78, 5) is 4.28. The van der Waals surface area contributed by atoms with Crippen LogP contribution in [0.15, 0.2) is 36.7 Å². The van der Waals surface area contributed by atoms with Crippen LogP contribution in [0.5, 0.6) is 0 Å². The third kappa shape index (κ3) is 3.11. The van der Waals surface area contributed by atoms with E-state index in [1.807, 2.05) is 12.4 Å². The lowest BCUT2D eigenvalue weighted by Gasteiger charge is -2.08. The third-order valence-electron chi connectivity index (χ3n) is 2.96. The highest BCUT2D eigenvalue weighted by molar-refractivity contribution is 5.30. The van der Waals surface area contributed by atoms with E-state index in [2.05, 4.69) is 46.1 Å². The van der Waals surface area contributed by atoms with Gasteiger partial charge in [-0.3, -0.25) is 0 Å². The number of anilines is 1. The number of rotatable bonds is 6. The molecule has 0 fully saturated rings. The lowest BCUT2D eigenvalue weighted by molar-refractivity contribution is 0.763. The molecule has 18 heavy (non-hydrogen) atoms. The van der Waals surface area contributed by atoms with Crippen LogP contribution in [0.2, 0.25) is 0 Å². The molecule has 0 radical (unpaired) electrons. The van der Waals surface area contributed by atoms with Crippen molar-refractivity contribution in [2.24, 2.45) is 5.73 Å². The van der Waals surface area contributed by atoms with E-state index < -0.39 is 0 Å². The van der Waals surface area contributed by atoms with Crippen LogP contribution < -0.4 is 11.1 Å². The van der Waals surface area contributed by atoms with Crippen molar-refractivity contribution in [3.05, 3.63) is 47.8 Å². The molecule has 0 unspecified atom stereocenters. The molecule has 4 heteroatoms. The molecule has 0 saturated heterocycles. The number of nitrogens with one attached hydrogen (secondary N) is 1. The number of nitrogens with two attached hydrogens (primary N) is 1. The van der Waals surface area contributed by atoms with Crippen LogP contribution in [0, 0.1) is 0 Å². The number of hydrogen-bond acceptors (Lipinski definition) is 3. The number of hydrogen-bond donors (Lipinski definition) is 2. The summed E-state index contributed by atoms with van der Waals surface area (Å²) in [7, 11) is 0. The van der Waals surface area contributed by atoms with Crippen molar-refractivity contribution in [1.82, 2.24) is 9.55 Å². The summed E-state index contributed by atoms with van der Waals surface area (Å²) in [6.45, 7) is 4.53. The first-order valence-corrected chi connectivity index (χ1v) is 6.36. The summed E-state index contributed by atoms with van der Waals surface area (Å²) in [5.41, 5.74) is 8.07. The average molecular weight is 244 g/mol. The molecule has 1 heterocycles. The molecule has 0 atom stereocenters. The second-order valence-corrected chi connectivity index (χ2v) is 4.25. The molecule has 0 amide bonds. The molecule has 0 bridgehead atoms. The van der Waals surface area contributed by atoms with Crippen molar-refractivity contribution in [1.29, 1.82) is 0 Å². The highest BCUT2D eigenvalue weighted by Crippen LogP contribution is 2.09. The standard InChI is InChI=1S/C14H20N4/c1-2-18-10-9-16-14(18)17-11-13-5-3-12(4-6-13)7-8-15/h3-6,9-10H,2,7-8,11,15H2,1H3,(H,16,17). The first kappa shape index (κ1) is 12.6. The Morgan fingerprint density at radius 2 is 1.94 bits per heavy atom. The van der Waals surface area contributed by atoms with Crippen LogP contribution in [0.1, 0.15) is 18.1 Å². The van der Waals surface area contributed by atoms with E-state index in [1.54, 1.807) is 0 Å². The Morgan fingerprint density at radius 1 is 1.22 bits per heavy atom. The summed E-state index contributed by atoms with van der Waals surface area (Å²) < 4.78 is 2.09. The Bertz CT molecular complexity index is 473. The summed E-state index contributed by atoms with van der Waals surface area (Å²) in [6, 6.07) is 8.54. The monoisotopic (exact) mass is 244 g/mol.